The van der Waals surface area contributed by atoms with Gasteiger partial charge in [0.15, 0.2) is 5.13 Å². The van der Waals surface area contributed by atoms with Crippen molar-refractivity contribution >= 4 is 34.0 Å². The molecular weight excluding hydrogens is 222 g/mol. The van der Waals surface area contributed by atoms with Gasteiger partial charge in [0.05, 0.1) is 12.4 Å². The third kappa shape index (κ3) is 1.99. The van der Waals surface area contributed by atoms with E-state index in [9.17, 15) is 4.79 Å². The fraction of sp³-hybridized carbons (Fsp3) is 0.500. The van der Waals surface area contributed by atoms with Gasteiger partial charge in [-0.1, -0.05) is 0 Å². The van der Waals surface area contributed by atoms with Crippen LogP contribution in [-0.4, -0.2) is 30.5 Å². The number of hydrogen-bond acceptors (Lipinski definition) is 4. The summed E-state index contributed by atoms with van der Waals surface area (Å²) in [5, 5.41) is 3.66. The highest BCUT2D eigenvalue weighted by Crippen LogP contribution is 2.23. The highest BCUT2D eigenvalue weighted by atomic mass is 35.5. The van der Waals surface area contributed by atoms with Crippen molar-refractivity contribution in [1.82, 2.24) is 10.3 Å². The van der Waals surface area contributed by atoms with Crippen molar-refractivity contribution in [2.75, 3.05) is 24.5 Å². The van der Waals surface area contributed by atoms with E-state index in [0.717, 1.165) is 16.6 Å². The van der Waals surface area contributed by atoms with Crippen LogP contribution in [0.15, 0.2) is 6.20 Å². The summed E-state index contributed by atoms with van der Waals surface area (Å²) in [7, 11) is 0. The topological polar surface area (TPSA) is 45.2 Å². The number of anilines is 1. The standard InChI is InChI=1S/C8H10ClN3OS/c9-3-6-4-11-8(14-6)12-2-1-10-7(13)5-12/h4H,1-3,5H2,(H,10,13). The maximum atomic E-state index is 11.1. The minimum Gasteiger partial charge on any atom is -0.353 e. The second kappa shape index (κ2) is 4.14. The summed E-state index contributed by atoms with van der Waals surface area (Å²) < 4.78 is 0. The molecule has 1 aliphatic rings. The quantitative estimate of drug-likeness (QED) is 0.767. The third-order valence-corrected chi connectivity index (χ3v) is 3.49. The van der Waals surface area contributed by atoms with E-state index in [0.29, 0.717) is 19.0 Å². The molecule has 0 atom stereocenters. The van der Waals surface area contributed by atoms with Gasteiger partial charge < -0.3 is 10.2 Å². The molecule has 1 amide bonds. The molecule has 2 heterocycles. The van der Waals surface area contributed by atoms with Gasteiger partial charge in [0.25, 0.3) is 0 Å². The summed E-state index contributed by atoms with van der Waals surface area (Å²) >= 11 is 7.22. The molecule has 4 nitrogen and oxygen atoms in total. The molecule has 0 radical (unpaired) electrons. The Hall–Kier alpha value is -0.810. The molecule has 1 aromatic rings. The smallest absolute Gasteiger partial charge is 0.239 e. The zero-order valence-electron chi connectivity index (χ0n) is 7.49. The number of nitrogens with zero attached hydrogens (tertiary/aromatic N) is 2. The normalized spacial score (nSPS) is 16.9. The lowest BCUT2D eigenvalue weighted by atomic mass is 10.4. The molecular formula is C8H10ClN3OS. The first-order valence-corrected chi connectivity index (χ1v) is 5.67. The molecule has 0 spiro atoms. The molecule has 0 aliphatic carbocycles. The lowest BCUT2D eigenvalue weighted by Crippen LogP contribution is -2.47. The molecule has 1 aromatic heterocycles. The Bertz CT molecular complexity index is 341. The zero-order valence-corrected chi connectivity index (χ0v) is 9.07. The van der Waals surface area contributed by atoms with Crippen LogP contribution in [-0.2, 0) is 10.7 Å². The number of halogens is 1. The Morgan fingerprint density at radius 2 is 2.57 bits per heavy atom. The molecule has 1 aliphatic heterocycles. The van der Waals surface area contributed by atoms with Gasteiger partial charge in [-0.25, -0.2) is 4.98 Å². The highest BCUT2D eigenvalue weighted by molar-refractivity contribution is 7.15. The van der Waals surface area contributed by atoms with Crippen molar-refractivity contribution in [3.05, 3.63) is 11.1 Å². The van der Waals surface area contributed by atoms with Gasteiger partial charge in [-0.3, -0.25) is 4.79 Å². The molecule has 1 N–H and O–H groups in total. The van der Waals surface area contributed by atoms with E-state index in [1.54, 1.807) is 17.5 Å². The summed E-state index contributed by atoms with van der Waals surface area (Å²) in [5.74, 6) is 0.538. The highest BCUT2D eigenvalue weighted by Gasteiger charge is 2.18. The first-order chi connectivity index (χ1) is 6.79. The maximum absolute atomic E-state index is 11.1. The fourth-order valence-electron chi connectivity index (χ4n) is 1.31. The van der Waals surface area contributed by atoms with Gasteiger partial charge in [0, 0.05) is 24.2 Å². The Morgan fingerprint density at radius 1 is 1.71 bits per heavy atom. The molecule has 0 unspecified atom stereocenters. The second-order valence-corrected chi connectivity index (χ2v) is 4.38. The average molecular weight is 232 g/mol. The molecule has 1 saturated heterocycles. The van der Waals surface area contributed by atoms with E-state index in [2.05, 4.69) is 10.3 Å². The Labute approximate surface area is 90.9 Å². The van der Waals surface area contributed by atoms with Crippen molar-refractivity contribution in [2.45, 2.75) is 5.88 Å². The molecule has 0 aromatic carbocycles. The van der Waals surface area contributed by atoms with Crippen LogP contribution in [0.1, 0.15) is 4.88 Å². The van der Waals surface area contributed by atoms with Crippen LogP contribution in [0.25, 0.3) is 0 Å². The molecule has 0 saturated carbocycles. The summed E-state index contributed by atoms with van der Waals surface area (Å²) in [6, 6.07) is 0. The van der Waals surface area contributed by atoms with Crippen molar-refractivity contribution < 1.29 is 4.79 Å². The predicted octanol–water partition coefficient (Wildman–Crippen LogP) is 0.818. The van der Waals surface area contributed by atoms with Crippen molar-refractivity contribution in [1.29, 1.82) is 0 Å². The Balaban J connectivity index is 2.09. The van der Waals surface area contributed by atoms with Gasteiger partial charge in [0.2, 0.25) is 5.91 Å². The van der Waals surface area contributed by atoms with Crippen LogP contribution in [0.2, 0.25) is 0 Å². The number of amides is 1. The fourth-order valence-corrected chi connectivity index (χ4v) is 2.32. The van der Waals surface area contributed by atoms with E-state index < -0.39 is 0 Å². The minimum absolute atomic E-state index is 0.0545. The van der Waals surface area contributed by atoms with Crippen molar-refractivity contribution in [2.24, 2.45) is 0 Å². The van der Waals surface area contributed by atoms with Crippen LogP contribution in [0.3, 0.4) is 0 Å². The number of carbonyl (C=O) groups is 1. The number of rotatable bonds is 2. The van der Waals surface area contributed by atoms with Crippen LogP contribution in [0, 0.1) is 0 Å². The summed E-state index contributed by atoms with van der Waals surface area (Å²) in [6.07, 6.45) is 1.76. The van der Waals surface area contributed by atoms with Gasteiger partial charge in [-0.05, 0) is 0 Å². The van der Waals surface area contributed by atoms with Crippen LogP contribution >= 0.6 is 22.9 Å². The molecule has 6 heteroatoms. The largest absolute Gasteiger partial charge is 0.353 e. The minimum atomic E-state index is 0.0545. The van der Waals surface area contributed by atoms with Crippen molar-refractivity contribution in [3.63, 3.8) is 0 Å². The van der Waals surface area contributed by atoms with Gasteiger partial charge in [-0.15, -0.1) is 22.9 Å². The van der Waals surface area contributed by atoms with Gasteiger partial charge >= 0.3 is 0 Å². The molecule has 2 rings (SSSR count). The Kier molecular flexibility index (Phi) is 2.88. The lowest BCUT2D eigenvalue weighted by molar-refractivity contribution is -0.120. The predicted molar refractivity (Wildman–Crippen MR) is 56.9 cm³/mol. The SMILES string of the molecule is O=C1CN(c2ncc(CCl)s2)CCN1. The van der Waals surface area contributed by atoms with E-state index in [1.807, 2.05) is 4.90 Å². The maximum Gasteiger partial charge on any atom is 0.239 e. The average Bonchev–Trinajstić information content (AvgIpc) is 2.66. The number of hydrogen-bond donors (Lipinski definition) is 1. The lowest BCUT2D eigenvalue weighted by Gasteiger charge is -2.25. The number of piperazine rings is 1. The number of alkyl halides is 1. The second-order valence-electron chi connectivity index (χ2n) is 3.01. The number of carbonyl (C=O) groups excluding carboxylic acids is 1. The van der Waals surface area contributed by atoms with E-state index in [4.69, 9.17) is 11.6 Å². The Morgan fingerprint density at radius 3 is 3.21 bits per heavy atom. The summed E-state index contributed by atoms with van der Waals surface area (Å²) in [4.78, 5) is 18.4. The molecule has 1 fully saturated rings. The monoisotopic (exact) mass is 231 g/mol. The number of aromatic nitrogens is 1. The molecule has 0 bridgehead atoms. The van der Waals surface area contributed by atoms with Gasteiger partial charge in [0.1, 0.15) is 0 Å². The third-order valence-electron chi connectivity index (χ3n) is 1.98. The van der Waals surface area contributed by atoms with E-state index in [1.165, 1.54) is 0 Å². The summed E-state index contributed by atoms with van der Waals surface area (Å²) in [6.45, 7) is 1.91. The van der Waals surface area contributed by atoms with Crippen LogP contribution in [0.5, 0.6) is 0 Å². The molecule has 76 valence electrons. The van der Waals surface area contributed by atoms with Gasteiger partial charge in [-0.2, -0.15) is 0 Å². The van der Waals surface area contributed by atoms with Crippen molar-refractivity contribution in [3.8, 4) is 0 Å². The summed E-state index contributed by atoms with van der Waals surface area (Å²) in [5.41, 5.74) is 0. The van der Waals surface area contributed by atoms with Crippen LogP contribution in [0.4, 0.5) is 5.13 Å². The first-order valence-electron chi connectivity index (χ1n) is 4.32. The van der Waals surface area contributed by atoms with E-state index >= 15 is 0 Å². The first kappa shape index (κ1) is 9.73. The zero-order chi connectivity index (χ0) is 9.97. The van der Waals surface area contributed by atoms with Crippen LogP contribution < -0.4 is 10.2 Å². The number of nitrogens with one attached hydrogen (secondary N) is 1. The molecule has 14 heavy (non-hydrogen) atoms. The number of thiazole rings is 1. The van der Waals surface area contributed by atoms with E-state index in [-0.39, 0.29) is 5.91 Å².